The van der Waals surface area contributed by atoms with Gasteiger partial charge in [-0.1, -0.05) is 49.4 Å². The highest BCUT2D eigenvalue weighted by Crippen LogP contribution is 2.30. The van der Waals surface area contributed by atoms with Crippen LogP contribution in [-0.2, 0) is 14.3 Å². The van der Waals surface area contributed by atoms with Gasteiger partial charge in [-0.05, 0) is 74.7 Å². The molecule has 0 aliphatic heterocycles. The van der Waals surface area contributed by atoms with Gasteiger partial charge in [-0.25, -0.2) is 4.79 Å². The number of phenols is 1. The number of anilines is 1. The number of rotatable bonds is 9. The molecule has 0 spiro atoms. The fourth-order valence-electron chi connectivity index (χ4n) is 4.22. The number of nitrogens with zero attached hydrogens (tertiary/aromatic N) is 1. The van der Waals surface area contributed by atoms with Crippen LogP contribution in [0.3, 0.4) is 0 Å². The molecule has 39 heavy (non-hydrogen) atoms. The van der Waals surface area contributed by atoms with Crippen molar-refractivity contribution in [3.63, 3.8) is 0 Å². The molecule has 0 heterocycles. The predicted octanol–water partition coefficient (Wildman–Crippen LogP) is 5.68. The number of hydrogen-bond donors (Lipinski definition) is 4. The summed E-state index contributed by atoms with van der Waals surface area (Å²) in [5, 5.41) is 17.8. The second-order valence-electron chi connectivity index (χ2n) is 10.4. The molecule has 0 aromatic heterocycles. The van der Waals surface area contributed by atoms with Crippen LogP contribution in [0.5, 0.6) is 5.75 Å². The van der Waals surface area contributed by atoms with Crippen LogP contribution in [0, 0.1) is 0 Å². The Balaban J connectivity index is 2.01. The first kappa shape index (κ1) is 29.8. The maximum atomic E-state index is 14.0. The minimum absolute atomic E-state index is 0.00986. The molecule has 0 aliphatic rings. The summed E-state index contributed by atoms with van der Waals surface area (Å²) >= 11 is 4.31. The van der Waals surface area contributed by atoms with E-state index in [2.05, 4.69) is 23.3 Å². The van der Waals surface area contributed by atoms with Crippen molar-refractivity contribution in [2.75, 3.05) is 11.1 Å². The Labute approximate surface area is 235 Å². The van der Waals surface area contributed by atoms with Gasteiger partial charge in [0.15, 0.2) is 0 Å². The van der Waals surface area contributed by atoms with Crippen molar-refractivity contribution in [2.45, 2.75) is 64.8 Å². The van der Waals surface area contributed by atoms with Crippen LogP contribution in [-0.4, -0.2) is 51.4 Å². The summed E-state index contributed by atoms with van der Waals surface area (Å²) in [4.78, 5) is 41.9. The first-order chi connectivity index (χ1) is 18.4. The maximum Gasteiger partial charge on any atom is 0.408 e. The van der Waals surface area contributed by atoms with Gasteiger partial charge in [-0.2, -0.15) is 12.6 Å². The molecular weight excluding hydrogens is 514 g/mol. The largest absolute Gasteiger partial charge is 0.508 e. The molecule has 0 fully saturated rings. The monoisotopic (exact) mass is 551 g/mol. The molecular formula is C30H37N3O5S. The number of aromatic hydroxyl groups is 1. The van der Waals surface area contributed by atoms with Gasteiger partial charge >= 0.3 is 6.09 Å². The van der Waals surface area contributed by atoms with E-state index < -0.39 is 41.6 Å². The van der Waals surface area contributed by atoms with Crippen molar-refractivity contribution < 1.29 is 24.2 Å². The van der Waals surface area contributed by atoms with Gasteiger partial charge in [0.05, 0.1) is 0 Å². The van der Waals surface area contributed by atoms with Gasteiger partial charge < -0.3 is 25.4 Å². The van der Waals surface area contributed by atoms with E-state index in [0.717, 1.165) is 10.8 Å². The Bertz CT molecular complexity index is 1320. The number of carbonyl (C=O) groups is 3. The highest BCUT2D eigenvalue weighted by Gasteiger charge is 2.38. The van der Waals surface area contributed by atoms with Crippen molar-refractivity contribution >= 4 is 47.0 Å². The summed E-state index contributed by atoms with van der Waals surface area (Å²) in [5.74, 6) is -0.999. The van der Waals surface area contributed by atoms with Crippen LogP contribution in [0.4, 0.5) is 10.5 Å². The Morgan fingerprint density at radius 3 is 2.31 bits per heavy atom. The summed E-state index contributed by atoms with van der Waals surface area (Å²) in [5.41, 5.74) is 0.240. The number of fused-ring (bicyclic) bond motifs is 1. The third-order valence-corrected chi connectivity index (χ3v) is 6.59. The molecule has 3 aromatic rings. The quantitative estimate of drug-likeness (QED) is 0.256. The Kier molecular flexibility index (Phi) is 9.86. The van der Waals surface area contributed by atoms with Crippen molar-refractivity contribution in [1.82, 2.24) is 10.2 Å². The number of ether oxygens (including phenoxy) is 1. The molecule has 3 aromatic carbocycles. The number of thiol groups is 1. The summed E-state index contributed by atoms with van der Waals surface area (Å²) in [6.07, 6.45) is -0.218. The first-order valence-corrected chi connectivity index (χ1v) is 13.6. The second-order valence-corrected chi connectivity index (χ2v) is 10.8. The van der Waals surface area contributed by atoms with E-state index in [0.29, 0.717) is 17.7 Å². The molecule has 3 N–H and O–H groups in total. The standard InChI is InChI=1S/C30H37N3O5S/c1-6-19(2)33(28(36)25(18-39)32-29(37)38-30(3,4)5)26(22-12-9-13-24(34)17-22)27(35)31-23-15-14-20-10-7-8-11-21(20)16-23/h7-17,19,25-26,34,39H,6,18H2,1-5H3,(H,31,35)(H,32,37). The zero-order valence-corrected chi connectivity index (χ0v) is 23.9. The Morgan fingerprint density at radius 2 is 1.69 bits per heavy atom. The summed E-state index contributed by atoms with van der Waals surface area (Å²) in [7, 11) is 0. The van der Waals surface area contributed by atoms with Crippen LogP contribution in [0.1, 0.15) is 52.6 Å². The summed E-state index contributed by atoms with van der Waals surface area (Å²) < 4.78 is 5.34. The molecule has 0 bridgehead atoms. The van der Waals surface area contributed by atoms with Crippen molar-refractivity contribution in [3.05, 3.63) is 72.3 Å². The Morgan fingerprint density at radius 1 is 1.00 bits per heavy atom. The topological polar surface area (TPSA) is 108 Å². The second kappa shape index (κ2) is 12.9. The van der Waals surface area contributed by atoms with E-state index in [1.807, 2.05) is 50.2 Å². The van der Waals surface area contributed by atoms with E-state index in [-0.39, 0.29) is 11.5 Å². The molecule has 3 amide bonds. The molecule has 0 saturated carbocycles. The highest BCUT2D eigenvalue weighted by atomic mass is 32.1. The molecule has 3 atom stereocenters. The molecule has 9 heteroatoms. The minimum Gasteiger partial charge on any atom is -0.508 e. The van der Waals surface area contributed by atoms with Crippen LogP contribution >= 0.6 is 12.6 Å². The number of amides is 3. The van der Waals surface area contributed by atoms with E-state index in [4.69, 9.17) is 4.74 Å². The molecule has 3 unspecified atom stereocenters. The number of benzene rings is 3. The van der Waals surface area contributed by atoms with Crippen molar-refractivity contribution in [2.24, 2.45) is 0 Å². The van der Waals surface area contributed by atoms with Crippen LogP contribution < -0.4 is 10.6 Å². The molecule has 8 nitrogen and oxygen atoms in total. The van der Waals surface area contributed by atoms with Crippen LogP contribution in [0.2, 0.25) is 0 Å². The van der Waals surface area contributed by atoms with Gasteiger partial charge in [-0.3, -0.25) is 9.59 Å². The lowest BCUT2D eigenvalue weighted by atomic mass is 9.99. The molecule has 3 rings (SSSR count). The molecule has 0 saturated heterocycles. The average Bonchev–Trinajstić information content (AvgIpc) is 2.88. The van der Waals surface area contributed by atoms with Crippen LogP contribution in [0.25, 0.3) is 10.8 Å². The third-order valence-electron chi connectivity index (χ3n) is 6.22. The lowest BCUT2D eigenvalue weighted by Crippen LogP contribution is -2.55. The third kappa shape index (κ3) is 7.89. The number of carbonyl (C=O) groups excluding carboxylic acids is 3. The van der Waals surface area contributed by atoms with Crippen molar-refractivity contribution in [1.29, 1.82) is 0 Å². The highest BCUT2D eigenvalue weighted by molar-refractivity contribution is 7.80. The van der Waals surface area contributed by atoms with Gasteiger partial charge in [0, 0.05) is 17.5 Å². The molecule has 0 aliphatic carbocycles. The SMILES string of the molecule is CCC(C)N(C(=O)C(CS)NC(=O)OC(C)(C)C)C(C(=O)Nc1ccc2ccccc2c1)c1cccc(O)c1. The van der Waals surface area contributed by atoms with Gasteiger partial charge in [0.25, 0.3) is 5.91 Å². The lowest BCUT2D eigenvalue weighted by molar-refractivity contribution is -0.142. The summed E-state index contributed by atoms with van der Waals surface area (Å²) in [6.45, 7) is 8.92. The number of alkyl carbamates (subject to hydrolysis) is 1. The predicted molar refractivity (Wildman–Crippen MR) is 157 cm³/mol. The molecule has 0 radical (unpaired) electrons. The fourth-order valence-corrected chi connectivity index (χ4v) is 4.47. The first-order valence-electron chi connectivity index (χ1n) is 12.9. The van der Waals surface area contributed by atoms with E-state index in [1.165, 1.54) is 17.0 Å². The maximum absolute atomic E-state index is 14.0. The fraction of sp³-hybridized carbons (Fsp3) is 0.367. The number of nitrogens with one attached hydrogen (secondary N) is 2. The normalized spacial score (nSPS) is 13.7. The summed E-state index contributed by atoms with van der Waals surface area (Å²) in [6, 6.07) is 17.1. The Hall–Kier alpha value is -3.72. The average molecular weight is 552 g/mol. The van der Waals surface area contributed by atoms with E-state index >= 15 is 0 Å². The molecule has 208 valence electrons. The zero-order chi connectivity index (χ0) is 28.7. The van der Waals surface area contributed by atoms with E-state index in [1.54, 1.807) is 39.0 Å². The minimum atomic E-state index is -1.10. The van der Waals surface area contributed by atoms with Gasteiger partial charge in [-0.15, -0.1) is 0 Å². The number of phenolic OH excluding ortho intramolecular Hbond substituents is 1. The number of hydrogen-bond acceptors (Lipinski definition) is 6. The van der Waals surface area contributed by atoms with Gasteiger partial charge in [0.1, 0.15) is 23.4 Å². The zero-order valence-electron chi connectivity index (χ0n) is 23.0. The van der Waals surface area contributed by atoms with Crippen molar-refractivity contribution in [3.8, 4) is 5.75 Å². The van der Waals surface area contributed by atoms with Crippen LogP contribution in [0.15, 0.2) is 66.7 Å². The smallest absolute Gasteiger partial charge is 0.408 e. The lowest BCUT2D eigenvalue weighted by Gasteiger charge is -2.38. The van der Waals surface area contributed by atoms with Gasteiger partial charge in [0.2, 0.25) is 5.91 Å². The van der Waals surface area contributed by atoms with E-state index in [9.17, 15) is 19.5 Å².